The minimum atomic E-state index is -4.71. The Kier molecular flexibility index (Phi) is 7.52. The van der Waals surface area contributed by atoms with E-state index in [-0.39, 0.29) is 55.2 Å². The summed E-state index contributed by atoms with van der Waals surface area (Å²) in [6.07, 6.45) is -5.20. The average Bonchev–Trinajstić information content (AvgIpc) is 3.22. The van der Waals surface area contributed by atoms with Gasteiger partial charge in [-0.2, -0.15) is 13.2 Å². The van der Waals surface area contributed by atoms with Crippen LogP contribution < -0.4 is 0 Å². The van der Waals surface area contributed by atoms with Crippen LogP contribution in [0.25, 0.3) is 11.3 Å². The number of fused-ring (bicyclic) bond motifs is 1. The standard InChI is InChI=1S/C25H26F3NO6/c1-5-33-21(30)19-14(4)16-12-24(22(31)34-6-2,23(32)35-7-3)13-17(16)20(29-19)15-10-8-9-11-18(15)25(26,27)28/h8-11H,5-7,12-13H2,1-4H3. The molecule has 0 radical (unpaired) electrons. The van der Waals surface area contributed by atoms with Crippen LogP contribution in [0, 0.1) is 12.3 Å². The third-order valence-corrected chi connectivity index (χ3v) is 5.93. The van der Waals surface area contributed by atoms with Crippen LogP contribution in [0.2, 0.25) is 0 Å². The lowest BCUT2D eigenvalue weighted by atomic mass is 9.84. The number of aromatic nitrogens is 1. The van der Waals surface area contributed by atoms with Crippen molar-refractivity contribution in [2.45, 2.75) is 46.7 Å². The van der Waals surface area contributed by atoms with E-state index >= 15 is 0 Å². The first kappa shape index (κ1) is 26.2. The predicted octanol–water partition coefficient (Wildman–Crippen LogP) is 4.46. The SMILES string of the molecule is CCOC(=O)c1nc(-c2ccccc2C(F)(F)F)c2c(c1C)CC(C(=O)OCC)(C(=O)OCC)C2. The van der Waals surface area contributed by atoms with Crippen LogP contribution in [0.1, 0.15) is 53.5 Å². The van der Waals surface area contributed by atoms with E-state index in [1.807, 2.05) is 0 Å². The molecule has 0 saturated carbocycles. The first-order chi connectivity index (χ1) is 16.5. The third-order valence-electron chi connectivity index (χ3n) is 5.93. The number of ether oxygens (including phenoxy) is 3. The van der Waals surface area contributed by atoms with E-state index in [0.717, 1.165) is 6.07 Å². The molecule has 2 aromatic rings. The third kappa shape index (κ3) is 4.74. The van der Waals surface area contributed by atoms with Crippen molar-refractivity contribution >= 4 is 17.9 Å². The quantitative estimate of drug-likeness (QED) is 0.319. The molecule has 10 heteroatoms. The van der Waals surface area contributed by atoms with E-state index in [1.165, 1.54) is 18.2 Å². The smallest absolute Gasteiger partial charge is 0.417 e. The van der Waals surface area contributed by atoms with Crippen LogP contribution in [0.4, 0.5) is 13.2 Å². The number of nitrogens with zero attached hydrogens (tertiary/aromatic N) is 1. The van der Waals surface area contributed by atoms with Gasteiger partial charge in [-0.25, -0.2) is 9.78 Å². The molecule has 0 unspecified atom stereocenters. The average molecular weight is 493 g/mol. The second-order valence-electron chi connectivity index (χ2n) is 8.03. The monoisotopic (exact) mass is 493 g/mol. The molecule has 0 amide bonds. The topological polar surface area (TPSA) is 91.8 Å². The molecule has 0 aliphatic heterocycles. The molecule has 0 spiro atoms. The van der Waals surface area contributed by atoms with Gasteiger partial charge in [0.05, 0.1) is 31.1 Å². The Morgan fingerprint density at radius 3 is 2.00 bits per heavy atom. The predicted molar refractivity (Wildman–Crippen MR) is 118 cm³/mol. The highest BCUT2D eigenvalue weighted by atomic mass is 19.4. The lowest BCUT2D eigenvalue weighted by Crippen LogP contribution is -2.43. The van der Waals surface area contributed by atoms with E-state index in [0.29, 0.717) is 11.1 Å². The van der Waals surface area contributed by atoms with Gasteiger partial charge < -0.3 is 14.2 Å². The number of carbonyl (C=O) groups is 3. The van der Waals surface area contributed by atoms with Gasteiger partial charge in [-0.1, -0.05) is 18.2 Å². The van der Waals surface area contributed by atoms with Crippen molar-refractivity contribution < 1.29 is 41.8 Å². The maximum Gasteiger partial charge on any atom is 0.417 e. The fraction of sp³-hybridized carbons (Fsp3) is 0.440. The number of carbonyl (C=O) groups excluding carboxylic acids is 3. The summed E-state index contributed by atoms with van der Waals surface area (Å²) in [5.74, 6) is -2.51. The van der Waals surface area contributed by atoms with Crippen LogP contribution in [-0.4, -0.2) is 42.7 Å². The molecular weight excluding hydrogens is 467 g/mol. The summed E-state index contributed by atoms with van der Waals surface area (Å²) < 4.78 is 57.1. The first-order valence-electron chi connectivity index (χ1n) is 11.2. The largest absolute Gasteiger partial charge is 0.465 e. The fourth-order valence-corrected chi connectivity index (χ4v) is 4.34. The van der Waals surface area contributed by atoms with Crippen molar-refractivity contribution in [3.63, 3.8) is 0 Å². The van der Waals surface area contributed by atoms with Crippen LogP contribution >= 0.6 is 0 Å². The van der Waals surface area contributed by atoms with Crippen LogP contribution in [-0.2, 0) is 42.8 Å². The van der Waals surface area contributed by atoms with Gasteiger partial charge in [0.15, 0.2) is 11.1 Å². The van der Waals surface area contributed by atoms with Gasteiger partial charge in [0.25, 0.3) is 0 Å². The van der Waals surface area contributed by atoms with E-state index in [4.69, 9.17) is 14.2 Å². The number of rotatable bonds is 7. The molecule has 1 aromatic carbocycles. The van der Waals surface area contributed by atoms with Crippen molar-refractivity contribution in [2.75, 3.05) is 19.8 Å². The summed E-state index contributed by atoms with van der Waals surface area (Å²) in [7, 11) is 0. The minimum absolute atomic E-state index is 0.00853. The molecule has 3 rings (SSSR count). The van der Waals surface area contributed by atoms with Crippen molar-refractivity contribution in [1.82, 2.24) is 4.98 Å². The summed E-state index contributed by atoms with van der Waals surface area (Å²) >= 11 is 0. The maximum atomic E-state index is 13.9. The van der Waals surface area contributed by atoms with Gasteiger partial charge >= 0.3 is 24.1 Å². The molecule has 1 aromatic heterocycles. The molecule has 1 heterocycles. The molecule has 0 saturated heterocycles. The molecule has 0 atom stereocenters. The van der Waals surface area contributed by atoms with Crippen molar-refractivity contribution in [3.8, 4) is 11.3 Å². The second-order valence-corrected chi connectivity index (χ2v) is 8.03. The van der Waals surface area contributed by atoms with Gasteiger partial charge in [0.1, 0.15) is 0 Å². The molecule has 0 bridgehead atoms. The summed E-state index contributed by atoms with van der Waals surface area (Å²) in [6.45, 7) is 6.32. The number of hydrogen-bond acceptors (Lipinski definition) is 7. The zero-order valence-electron chi connectivity index (χ0n) is 19.9. The number of hydrogen-bond donors (Lipinski definition) is 0. The van der Waals surface area contributed by atoms with Crippen LogP contribution in [0.5, 0.6) is 0 Å². The minimum Gasteiger partial charge on any atom is -0.465 e. The molecule has 0 fully saturated rings. The maximum absolute atomic E-state index is 13.9. The molecular formula is C25H26F3NO6. The van der Waals surface area contributed by atoms with Crippen molar-refractivity contribution in [3.05, 3.63) is 52.2 Å². The van der Waals surface area contributed by atoms with Gasteiger partial charge in [-0.3, -0.25) is 9.59 Å². The summed E-state index contributed by atoms with van der Waals surface area (Å²) in [4.78, 5) is 43.1. The Labute approximate surface area is 200 Å². The zero-order valence-corrected chi connectivity index (χ0v) is 19.9. The first-order valence-corrected chi connectivity index (χ1v) is 11.2. The van der Waals surface area contributed by atoms with Gasteiger partial charge in [-0.15, -0.1) is 0 Å². The number of benzene rings is 1. The molecule has 1 aliphatic carbocycles. The van der Waals surface area contributed by atoms with Crippen LogP contribution in [0.3, 0.4) is 0 Å². The lowest BCUT2D eigenvalue weighted by molar-refractivity contribution is -0.171. The van der Waals surface area contributed by atoms with Gasteiger partial charge in [0, 0.05) is 18.4 Å². The normalized spacial score (nSPS) is 14.3. The van der Waals surface area contributed by atoms with Crippen molar-refractivity contribution in [1.29, 1.82) is 0 Å². The highest BCUT2D eigenvalue weighted by Crippen LogP contribution is 2.47. The van der Waals surface area contributed by atoms with Gasteiger partial charge in [0.2, 0.25) is 0 Å². The van der Waals surface area contributed by atoms with Crippen molar-refractivity contribution in [2.24, 2.45) is 5.41 Å². The Morgan fingerprint density at radius 1 is 0.914 bits per heavy atom. The number of esters is 3. The van der Waals surface area contributed by atoms with E-state index in [2.05, 4.69) is 4.98 Å². The molecule has 0 N–H and O–H groups in total. The number of pyridine rings is 1. The highest BCUT2D eigenvalue weighted by Gasteiger charge is 2.55. The molecule has 7 nitrogen and oxygen atoms in total. The Balaban J connectivity index is 2.34. The second kappa shape index (κ2) is 10.1. The Morgan fingerprint density at radius 2 is 1.46 bits per heavy atom. The number of halogens is 3. The van der Waals surface area contributed by atoms with Gasteiger partial charge in [-0.05, 0) is 50.5 Å². The number of alkyl halides is 3. The lowest BCUT2D eigenvalue weighted by Gasteiger charge is -2.24. The molecule has 1 aliphatic rings. The summed E-state index contributed by atoms with van der Waals surface area (Å²) in [5, 5.41) is 0. The molecule has 188 valence electrons. The van der Waals surface area contributed by atoms with E-state index in [1.54, 1.807) is 27.7 Å². The van der Waals surface area contributed by atoms with Crippen LogP contribution in [0.15, 0.2) is 24.3 Å². The zero-order chi connectivity index (χ0) is 26.0. The Bertz CT molecular complexity index is 1140. The van der Waals surface area contributed by atoms with E-state index < -0.39 is 35.1 Å². The highest BCUT2D eigenvalue weighted by molar-refractivity contribution is 6.02. The molecule has 35 heavy (non-hydrogen) atoms. The Hall–Kier alpha value is -3.43. The van der Waals surface area contributed by atoms with E-state index in [9.17, 15) is 27.6 Å². The summed E-state index contributed by atoms with van der Waals surface area (Å²) in [6, 6.07) is 4.81. The fourth-order valence-electron chi connectivity index (χ4n) is 4.34. The summed E-state index contributed by atoms with van der Waals surface area (Å²) in [5.41, 5.74) is -2.41.